The van der Waals surface area contributed by atoms with E-state index in [-0.39, 0.29) is 24.2 Å². The van der Waals surface area contributed by atoms with Crippen LogP contribution in [0.3, 0.4) is 0 Å². The van der Waals surface area contributed by atoms with E-state index < -0.39 is 18.2 Å². The Balaban J connectivity index is 1.28. The maximum atomic E-state index is 13.1. The SMILES string of the molecule is CN(CCCC(=O)O)C(=O)Oc1ccc2c3c1O[C@H]1C(=O)CC[C@H]4[C@@H](C2)C(NCC2CC2)CC[C@]314. The molecule has 1 aliphatic heterocycles. The third kappa shape index (κ3) is 3.72. The number of carboxylic acids is 1. The van der Waals surface area contributed by atoms with Crippen LogP contribution < -0.4 is 14.8 Å². The van der Waals surface area contributed by atoms with Gasteiger partial charge in [-0.15, -0.1) is 0 Å². The molecule has 1 aromatic rings. The summed E-state index contributed by atoms with van der Waals surface area (Å²) in [5.41, 5.74) is 2.03. The minimum Gasteiger partial charge on any atom is -0.481 e. The van der Waals surface area contributed by atoms with Gasteiger partial charge in [-0.3, -0.25) is 9.59 Å². The van der Waals surface area contributed by atoms with Crippen LogP contribution in [0.5, 0.6) is 11.5 Å². The number of nitrogens with one attached hydrogen (secondary N) is 1. The van der Waals surface area contributed by atoms with Gasteiger partial charge >= 0.3 is 12.1 Å². The molecule has 1 unspecified atom stereocenters. The van der Waals surface area contributed by atoms with Crippen LogP contribution in [-0.2, 0) is 21.4 Å². The van der Waals surface area contributed by atoms with Gasteiger partial charge in [-0.05, 0) is 80.9 Å². The normalized spacial score (nSPS) is 32.0. The summed E-state index contributed by atoms with van der Waals surface area (Å²) in [6.45, 7) is 1.39. The predicted octanol–water partition coefficient (Wildman–Crippen LogP) is 3.29. The highest BCUT2D eigenvalue weighted by molar-refractivity contribution is 5.89. The molecule has 6 rings (SSSR count). The number of benzene rings is 1. The largest absolute Gasteiger partial charge is 0.481 e. The molecule has 3 fully saturated rings. The van der Waals surface area contributed by atoms with Crippen molar-refractivity contribution in [2.24, 2.45) is 17.8 Å². The lowest BCUT2D eigenvalue weighted by Gasteiger charge is -2.56. The molecule has 5 aliphatic rings. The number of hydrogen-bond donors (Lipinski definition) is 2. The van der Waals surface area contributed by atoms with Gasteiger partial charge in [-0.25, -0.2) is 4.79 Å². The standard InChI is InChI=1S/C27H34N2O6/c1-29(12-2-3-22(31)32)26(33)34-21-9-6-16-13-17-18-7-8-20(30)25-27(18,23(16)24(21)35-25)11-10-19(17)28-14-15-4-5-15/h6,9,15,17-19,25,28H,2-5,7-8,10-14H2,1H3,(H,31,32)/t17-,18+,19?,25+,27+/m1/s1. The molecule has 0 radical (unpaired) electrons. The first-order valence-electron chi connectivity index (χ1n) is 13.1. The summed E-state index contributed by atoms with van der Waals surface area (Å²) < 4.78 is 12.2. The van der Waals surface area contributed by atoms with Gasteiger partial charge in [0.2, 0.25) is 0 Å². The van der Waals surface area contributed by atoms with Crippen LogP contribution in [0.1, 0.15) is 62.5 Å². The lowest BCUT2D eigenvalue weighted by molar-refractivity contribution is -0.138. The first-order chi connectivity index (χ1) is 16.9. The summed E-state index contributed by atoms with van der Waals surface area (Å²) in [7, 11) is 1.60. The van der Waals surface area contributed by atoms with Crippen molar-refractivity contribution in [1.29, 1.82) is 0 Å². The molecular formula is C27H34N2O6. The molecule has 188 valence electrons. The summed E-state index contributed by atoms with van der Waals surface area (Å²) in [4.78, 5) is 38.0. The number of amides is 1. The maximum absolute atomic E-state index is 13.1. The van der Waals surface area contributed by atoms with E-state index in [9.17, 15) is 14.4 Å². The van der Waals surface area contributed by atoms with Gasteiger partial charge < -0.3 is 24.8 Å². The van der Waals surface area contributed by atoms with Crippen LogP contribution in [0.4, 0.5) is 4.79 Å². The monoisotopic (exact) mass is 482 g/mol. The average Bonchev–Trinajstić information content (AvgIpc) is 3.58. The lowest BCUT2D eigenvalue weighted by Crippen LogP contribution is -2.63. The number of hydrogen-bond acceptors (Lipinski definition) is 6. The smallest absolute Gasteiger partial charge is 0.415 e. The molecule has 0 saturated heterocycles. The van der Waals surface area contributed by atoms with Gasteiger partial charge in [0, 0.05) is 43.5 Å². The van der Waals surface area contributed by atoms with Crippen molar-refractivity contribution >= 4 is 17.8 Å². The number of nitrogens with zero attached hydrogens (tertiary/aromatic N) is 1. The van der Waals surface area contributed by atoms with E-state index in [0.717, 1.165) is 43.7 Å². The number of Topliss-reactive ketones (excluding diaryl/α,β-unsaturated/α-hetero) is 1. The van der Waals surface area contributed by atoms with Crippen molar-refractivity contribution in [3.8, 4) is 11.5 Å². The highest BCUT2D eigenvalue weighted by atomic mass is 16.6. The van der Waals surface area contributed by atoms with Crippen molar-refractivity contribution in [1.82, 2.24) is 10.2 Å². The van der Waals surface area contributed by atoms with Crippen LogP contribution in [0.2, 0.25) is 0 Å². The number of aliphatic carboxylic acids is 1. The molecule has 5 atom stereocenters. The molecule has 2 N–H and O–H groups in total. The maximum Gasteiger partial charge on any atom is 0.415 e. The Labute approximate surface area is 205 Å². The number of carbonyl (C=O) groups is 3. The summed E-state index contributed by atoms with van der Waals surface area (Å²) in [6.07, 6.45) is 6.36. The number of rotatable bonds is 8. The third-order valence-corrected chi connectivity index (χ3v) is 9.15. The highest BCUT2D eigenvalue weighted by Gasteiger charge is 2.66. The van der Waals surface area contributed by atoms with E-state index in [4.69, 9.17) is 14.6 Å². The Morgan fingerprint density at radius 1 is 1.26 bits per heavy atom. The second-order valence-electron chi connectivity index (χ2n) is 11.2. The Hall–Kier alpha value is -2.61. The van der Waals surface area contributed by atoms with Gasteiger partial charge in [0.25, 0.3) is 0 Å². The van der Waals surface area contributed by atoms with Crippen molar-refractivity contribution < 1.29 is 29.0 Å². The fourth-order valence-corrected chi connectivity index (χ4v) is 7.34. The Morgan fingerprint density at radius 2 is 2.09 bits per heavy atom. The fourth-order valence-electron chi connectivity index (χ4n) is 7.34. The molecule has 8 heteroatoms. The van der Waals surface area contributed by atoms with Crippen LogP contribution >= 0.6 is 0 Å². The zero-order valence-electron chi connectivity index (χ0n) is 20.3. The van der Waals surface area contributed by atoms with Crippen molar-refractivity contribution in [2.75, 3.05) is 20.1 Å². The number of ether oxygens (including phenoxy) is 2. The molecule has 3 saturated carbocycles. The van der Waals surface area contributed by atoms with E-state index in [1.165, 1.54) is 23.3 Å². The molecular weight excluding hydrogens is 448 g/mol. The van der Waals surface area contributed by atoms with Crippen LogP contribution in [-0.4, -0.2) is 60.1 Å². The van der Waals surface area contributed by atoms with E-state index in [1.54, 1.807) is 13.1 Å². The summed E-state index contributed by atoms with van der Waals surface area (Å²) >= 11 is 0. The minimum atomic E-state index is -0.889. The quantitative estimate of drug-likeness (QED) is 0.586. The predicted molar refractivity (Wildman–Crippen MR) is 127 cm³/mol. The van der Waals surface area contributed by atoms with E-state index in [0.29, 0.717) is 42.2 Å². The zero-order chi connectivity index (χ0) is 24.3. The second kappa shape index (κ2) is 8.50. The van der Waals surface area contributed by atoms with Crippen molar-refractivity contribution in [2.45, 2.75) is 75.3 Å². The van der Waals surface area contributed by atoms with Crippen LogP contribution in [0, 0.1) is 17.8 Å². The second-order valence-corrected chi connectivity index (χ2v) is 11.2. The van der Waals surface area contributed by atoms with Crippen molar-refractivity contribution in [3.05, 3.63) is 23.3 Å². The molecule has 35 heavy (non-hydrogen) atoms. The highest BCUT2D eigenvalue weighted by Crippen LogP contribution is 2.65. The van der Waals surface area contributed by atoms with Crippen LogP contribution in [0.15, 0.2) is 12.1 Å². The minimum absolute atomic E-state index is 0.00377. The third-order valence-electron chi connectivity index (χ3n) is 9.15. The van der Waals surface area contributed by atoms with Crippen LogP contribution in [0.25, 0.3) is 0 Å². The molecule has 2 bridgehead atoms. The molecule has 1 aromatic carbocycles. The van der Waals surface area contributed by atoms with Gasteiger partial charge in [0.1, 0.15) is 0 Å². The number of carboxylic acid groups (broad SMARTS) is 1. The molecule has 0 aromatic heterocycles. The lowest BCUT2D eigenvalue weighted by atomic mass is 9.47. The molecule has 4 aliphatic carbocycles. The van der Waals surface area contributed by atoms with Gasteiger partial charge in [0.15, 0.2) is 23.4 Å². The molecule has 8 nitrogen and oxygen atoms in total. The number of ketones is 1. The topological polar surface area (TPSA) is 105 Å². The summed E-state index contributed by atoms with van der Waals surface area (Å²) in [5.74, 6) is 1.94. The molecule has 1 heterocycles. The fraction of sp³-hybridized carbons (Fsp3) is 0.667. The first kappa shape index (κ1) is 22.8. The van der Waals surface area contributed by atoms with Gasteiger partial charge in [0.05, 0.1) is 0 Å². The van der Waals surface area contributed by atoms with Crippen molar-refractivity contribution in [3.63, 3.8) is 0 Å². The van der Waals surface area contributed by atoms with E-state index in [1.807, 2.05) is 0 Å². The number of carbonyl (C=O) groups excluding carboxylic acids is 2. The average molecular weight is 483 g/mol. The Morgan fingerprint density at radius 3 is 2.86 bits per heavy atom. The Bertz CT molecular complexity index is 1070. The summed E-state index contributed by atoms with van der Waals surface area (Å²) in [5, 5.41) is 12.7. The summed E-state index contributed by atoms with van der Waals surface area (Å²) in [6, 6.07) is 4.35. The molecule has 1 amide bonds. The van der Waals surface area contributed by atoms with E-state index in [2.05, 4.69) is 11.4 Å². The Kier molecular flexibility index (Phi) is 5.55. The van der Waals surface area contributed by atoms with Gasteiger partial charge in [-0.1, -0.05) is 6.07 Å². The first-order valence-corrected chi connectivity index (χ1v) is 13.1. The van der Waals surface area contributed by atoms with E-state index >= 15 is 0 Å². The molecule has 1 spiro atoms. The zero-order valence-corrected chi connectivity index (χ0v) is 20.3. The van der Waals surface area contributed by atoms with Gasteiger partial charge in [-0.2, -0.15) is 0 Å².